The summed E-state index contributed by atoms with van der Waals surface area (Å²) in [5.41, 5.74) is 2.99. The summed E-state index contributed by atoms with van der Waals surface area (Å²) in [6.07, 6.45) is 2.99. The molecule has 1 aromatic carbocycles. The zero-order valence-electron chi connectivity index (χ0n) is 18.4. The Morgan fingerprint density at radius 2 is 1.97 bits per heavy atom. The number of carbonyl (C=O) groups excluding carboxylic acids is 1. The van der Waals surface area contributed by atoms with Gasteiger partial charge < -0.3 is 23.3 Å². The molecule has 0 bridgehead atoms. The average Bonchev–Trinajstić information content (AvgIpc) is 3.57. The van der Waals surface area contributed by atoms with Crippen LogP contribution in [0.3, 0.4) is 0 Å². The summed E-state index contributed by atoms with van der Waals surface area (Å²) in [6.45, 7) is 4.05. The average molecular weight is 467 g/mol. The molecule has 0 aliphatic carbocycles. The lowest BCUT2D eigenvalue weighted by atomic mass is 10.2. The van der Waals surface area contributed by atoms with Crippen molar-refractivity contribution >= 4 is 23.4 Å². The Morgan fingerprint density at radius 1 is 1.09 bits per heavy atom. The maximum atomic E-state index is 12.1. The van der Waals surface area contributed by atoms with Gasteiger partial charge in [-0.15, -0.1) is 11.3 Å². The van der Waals surface area contributed by atoms with Gasteiger partial charge in [0, 0.05) is 12.1 Å². The topological polar surface area (TPSA) is 96.8 Å². The Bertz CT molecular complexity index is 1240. The molecule has 0 saturated heterocycles. The number of hydrogen-bond donors (Lipinski definition) is 0. The molecular formula is C24H22N2O6S. The maximum Gasteiger partial charge on any atom is 0.331 e. The molecular weight excluding hydrogens is 444 g/mol. The fraction of sp³-hybridized carbons (Fsp3) is 0.208. The molecule has 33 heavy (non-hydrogen) atoms. The summed E-state index contributed by atoms with van der Waals surface area (Å²) >= 11 is 1.55. The van der Waals surface area contributed by atoms with Crippen LogP contribution in [0.5, 0.6) is 11.5 Å². The molecule has 0 amide bonds. The third kappa shape index (κ3) is 5.50. The van der Waals surface area contributed by atoms with Crippen LogP contribution in [0.1, 0.15) is 28.3 Å². The molecule has 8 nitrogen and oxygen atoms in total. The highest BCUT2D eigenvalue weighted by molar-refractivity contribution is 7.13. The first kappa shape index (κ1) is 22.3. The summed E-state index contributed by atoms with van der Waals surface area (Å²) in [5, 5.41) is 9.81. The molecule has 0 spiro atoms. The first-order valence-electron chi connectivity index (χ1n) is 10.1. The van der Waals surface area contributed by atoms with Gasteiger partial charge in [-0.25, -0.2) is 4.79 Å². The van der Waals surface area contributed by atoms with E-state index in [1.165, 1.54) is 6.08 Å². The van der Waals surface area contributed by atoms with Gasteiger partial charge in [-0.1, -0.05) is 22.4 Å². The van der Waals surface area contributed by atoms with Crippen molar-refractivity contribution in [3.8, 4) is 22.1 Å². The Labute approximate surface area is 194 Å². The second-order valence-corrected chi connectivity index (χ2v) is 8.05. The van der Waals surface area contributed by atoms with E-state index in [4.69, 9.17) is 23.3 Å². The van der Waals surface area contributed by atoms with Crippen molar-refractivity contribution in [2.45, 2.75) is 27.1 Å². The van der Waals surface area contributed by atoms with Crippen molar-refractivity contribution in [3.05, 3.63) is 76.1 Å². The number of carbonyl (C=O) groups is 1. The SMILES string of the molecule is COc1cc(/C=C/C(=O)OCc2cc(-c3cccs3)on2)ccc1OCc1c(C)noc1C. The number of thiophene rings is 1. The molecule has 0 atom stereocenters. The third-order valence-corrected chi connectivity index (χ3v) is 5.72. The minimum absolute atomic E-state index is 0.0237. The van der Waals surface area contributed by atoms with Gasteiger partial charge in [-0.2, -0.15) is 0 Å². The van der Waals surface area contributed by atoms with E-state index in [1.54, 1.807) is 42.7 Å². The number of aromatic nitrogens is 2. The van der Waals surface area contributed by atoms with E-state index in [1.807, 2.05) is 37.4 Å². The Morgan fingerprint density at radius 3 is 2.70 bits per heavy atom. The second kappa shape index (κ2) is 10.2. The van der Waals surface area contributed by atoms with Crippen molar-refractivity contribution in [2.24, 2.45) is 0 Å². The molecule has 0 radical (unpaired) electrons. The van der Waals surface area contributed by atoms with Crippen molar-refractivity contribution in [2.75, 3.05) is 7.11 Å². The first-order valence-corrected chi connectivity index (χ1v) is 11.0. The predicted octanol–water partition coefficient (Wildman–Crippen LogP) is 5.35. The lowest BCUT2D eigenvalue weighted by Gasteiger charge is -2.11. The number of esters is 1. The number of methoxy groups -OCH3 is 1. The van der Waals surface area contributed by atoms with E-state index in [0.29, 0.717) is 29.6 Å². The number of benzene rings is 1. The second-order valence-electron chi connectivity index (χ2n) is 7.10. The highest BCUT2D eigenvalue weighted by atomic mass is 32.1. The van der Waals surface area contributed by atoms with E-state index < -0.39 is 5.97 Å². The Kier molecular flexibility index (Phi) is 6.89. The quantitative estimate of drug-likeness (QED) is 0.240. The summed E-state index contributed by atoms with van der Waals surface area (Å²) in [6, 6.07) is 11.0. The molecule has 0 N–H and O–H groups in total. The van der Waals surface area contributed by atoms with Crippen LogP contribution >= 0.6 is 11.3 Å². The minimum Gasteiger partial charge on any atom is -0.493 e. The zero-order valence-corrected chi connectivity index (χ0v) is 19.2. The van der Waals surface area contributed by atoms with Crippen LogP contribution < -0.4 is 9.47 Å². The van der Waals surface area contributed by atoms with E-state index in [9.17, 15) is 4.79 Å². The van der Waals surface area contributed by atoms with Gasteiger partial charge in [0.1, 0.15) is 24.7 Å². The lowest BCUT2D eigenvalue weighted by Crippen LogP contribution is -2.01. The van der Waals surface area contributed by atoms with Gasteiger partial charge in [0.15, 0.2) is 17.3 Å². The normalized spacial score (nSPS) is 11.1. The number of nitrogens with zero attached hydrogens (tertiary/aromatic N) is 2. The number of rotatable bonds is 9. The smallest absolute Gasteiger partial charge is 0.331 e. The van der Waals surface area contributed by atoms with Gasteiger partial charge in [-0.3, -0.25) is 0 Å². The van der Waals surface area contributed by atoms with Crippen LogP contribution in [0.15, 0.2) is 56.9 Å². The van der Waals surface area contributed by atoms with E-state index in [2.05, 4.69) is 10.3 Å². The monoisotopic (exact) mass is 466 g/mol. The van der Waals surface area contributed by atoms with Crippen molar-refractivity contribution in [1.29, 1.82) is 0 Å². The predicted molar refractivity (Wildman–Crippen MR) is 122 cm³/mol. The van der Waals surface area contributed by atoms with Gasteiger partial charge in [0.05, 0.1) is 23.2 Å². The molecule has 0 aliphatic heterocycles. The maximum absolute atomic E-state index is 12.1. The van der Waals surface area contributed by atoms with E-state index >= 15 is 0 Å². The van der Waals surface area contributed by atoms with Gasteiger partial charge in [-0.05, 0) is 49.1 Å². The Balaban J connectivity index is 1.33. The first-order chi connectivity index (χ1) is 16.0. The molecule has 3 aromatic heterocycles. The fourth-order valence-electron chi connectivity index (χ4n) is 3.04. The standard InChI is InChI=1S/C24H22N2O6S/c1-15-19(16(2)31-25-15)14-29-20-8-6-17(11-21(20)28-3)7-9-24(27)30-13-18-12-22(32-26-18)23-5-4-10-33-23/h4-12H,13-14H2,1-3H3/b9-7+. The molecule has 9 heteroatoms. The van der Waals surface area contributed by atoms with Crippen LogP contribution in [0.25, 0.3) is 16.7 Å². The van der Waals surface area contributed by atoms with E-state index in [0.717, 1.165) is 27.5 Å². The number of aryl methyl sites for hydroxylation is 2. The summed E-state index contributed by atoms with van der Waals surface area (Å²) < 4.78 is 27.0. The molecule has 0 fully saturated rings. The minimum atomic E-state index is -0.492. The summed E-state index contributed by atoms with van der Waals surface area (Å²) in [4.78, 5) is 13.1. The van der Waals surface area contributed by atoms with Gasteiger partial charge in [0.25, 0.3) is 0 Å². The molecule has 4 aromatic rings. The van der Waals surface area contributed by atoms with Crippen LogP contribution in [0.2, 0.25) is 0 Å². The molecule has 0 saturated carbocycles. The lowest BCUT2D eigenvalue weighted by molar-refractivity contribution is -0.139. The zero-order chi connectivity index (χ0) is 23.2. The molecule has 3 heterocycles. The van der Waals surface area contributed by atoms with Gasteiger partial charge in [0.2, 0.25) is 0 Å². The van der Waals surface area contributed by atoms with Crippen LogP contribution in [-0.2, 0) is 22.7 Å². The fourth-order valence-corrected chi connectivity index (χ4v) is 3.71. The molecule has 0 aliphatic rings. The van der Waals surface area contributed by atoms with Crippen molar-refractivity contribution in [3.63, 3.8) is 0 Å². The highest BCUT2D eigenvalue weighted by Gasteiger charge is 2.12. The van der Waals surface area contributed by atoms with Crippen molar-refractivity contribution < 1.29 is 28.1 Å². The summed E-state index contributed by atoms with van der Waals surface area (Å²) in [5.74, 6) is 1.99. The number of hydrogen-bond acceptors (Lipinski definition) is 9. The third-order valence-electron chi connectivity index (χ3n) is 4.84. The van der Waals surface area contributed by atoms with E-state index in [-0.39, 0.29) is 6.61 Å². The highest BCUT2D eigenvalue weighted by Crippen LogP contribution is 2.30. The van der Waals surface area contributed by atoms with Crippen LogP contribution in [0.4, 0.5) is 0 Å². The van der Waals surface area contributed by atoms with Crippen LogP contribution in [-0.4, -0.2) is 23.4 Å². The van der Waals surface area contributed by atoms with Gasteiger partial charge >= 0.3 is 5.97 Å². The number of ether oxygens (including phenoxy) is 3. The summed E-state index contributed by atoms with van der Waals surface area (Å²) in [7, 11) is 1.56. The van der Waals surface area contributed by atoms with Crippen molar-refractivity contribution in [1.82, 2.24) is 10.3 Å². The molecule has 170 valence electrons. The Hall–Kier alpha value is -3.85. The largest absolute Gasteiger partial charge is 0.493 e. The molecule has 0 unspecified atom stereocenters. The van der Waals surface area contributed by atoms with Crippen LogP contribution in [0, 0.1) is 13.8 Å². The molecule has 4 rings (SSSR count).